The van der Waals surface area contributed by atoms with Crippen molar-refractivity contribution >= 4 is 11.8 Å². The van der Waals surface area contributed by atoms with Gasteiger partial charge in [-0.1, -0.05) is 18.2 Å². The number of benzene rings is 1. The predicted octanol–water partition coefficient (Wildman–Crippen LogP) is 0.589. The molecule has 120 valence electrons. The average Bonchev–Trinajstić information content (AvgIpc) is 3.37. The van der Waals surface area contributed by atoms with Crippen LogP contribution in [0, 0.1) is 5.92 Å². The Bertz CT molecular complexity index is 529. The molecule has 6 nitrogen and oxygen atoms in total. The molecule has 1 aliphatic carbocycles. The molecule has 0 bridgehead atoms. The van der Waals surface area contributed by atoms with Crippen LogP contribution in [-0.2, 0) is 16.1 Å². The highest BCUT2D eigenvalue weighted by Crippen LogP contribution is 2.33. The van der Waals surface area contributed by atoms with Crippen molar-refractivity contribution in [3.05, 3.63) is 29.8 Å². The van der Waals surface area contributed by atoms with Crippen LogP contribution in [0.4, 0.5) is 0 Å². The maximum atomic E-state index is 11.7. The van der Waals surface area contributed by atoms with Crippen molar-refractivity contribution < 1.29 is 19.4 Å². The highest BCUT2D eigenvalue weighted by molar-refractivity contribution is 6.35. The summed E-state index contributed by atoms with van der Waals surface area (Å²) in [6.45, 7) is 0.527. The molecule has 0 spiro atoms. The van der Waals surface area contributed by atoms with E-state index in [-0.39, 0.29) is 12.6 Å². The van der Waals surface area contributed by atoms with Crippen LogP contribution >= 0.6 is 0 Å². The molecule has 0 unspecified atom stereocenters. The van der Waals surface area contributed by atoms with E-state index in [2.05, 4.69) is 10.6 Å². The van der Waals surface area contributed by atoms with E-state index in [0.717, 1.165) is 18.4 Å². The molecule has 0 radical (unpaired) electrons. The Kier molecular flexibility index (Phi) is 5.77. The van der Waals surface area contributed by atoms with Crippen LogP contribution in [0.15, 0.2) is 24.3 Å². The van der Waals surface area contributed by atoms with Gasteiger partial charge in [-0.2, -0.15) is 0 Å². The summed E-state index contributed by atoms with van der Waals surface area (Å²) >= 11 is 0. The number of hydrogen-bond donors (Lipinski definition) is 3. The number of ether oxygens (including phenoxy) is 1. The molecule has 0 heterocycles. The zero-order valence-corrected chi connectivity index (χ0v) is 12.7. The zero-order chi connectivity index (χ0) is 15.9. The Hall–Kier alpha value is -2.08. The minimum atomic E-state index is -0.688. The van der Waals surface area contributed by atoms with Gasteiger partial charge in [-0.15, -0.1) is 0 Å². The fourth-order valence-electron chi connectivity index (χ4n) is 2.24. The van der Waals surface area contributed by atoms with Crippen molar-refractivity contribution in [2.24, 2.45) is 5.92 Å². The predicted molar refractivity (Wildman–Crippen MR) is 81.2 cm³/mol. The maximum Gasteiger partial charge on any atom is 0.309 e. The molecule has 0 aromatic heterocycles. The van der Waals surface area contributed by atoms with Crippen LogP contribution < -0.4 is 15.4 Å². The third-order valence-electron chi connectivity index (χ3n) is 3.73. The largest absolute Gasteiger partial charge is 0.496 e. The van der Waals surface area contributed by atoms with Gasteiger partial charge in [0.25, 0.3) is 0 Å². The minimum Gasteiger partial charge on any atom is -0.496 e. The summed E-state index contributed by atoms with van der Waals surface area (Å²) in [7, 11) is 1.55. The molecule has 2 rings (SSSR count). The Balaban J connectivity index is 1.70. The van der Waals surface area contributed by atoms with Crippen molar-refractivity contribution in [1.82, 2.24) is 10.6 Å². The molecule has 1 atom stereocenters. The normalized spacial score (nSPS) is 15.0. The van der Waals surface area contributed by atoms with Gasteiger partial charge in [0.1, 0.15) is 5.75 Å². The summed E-state index contributed by atoms with van der Waals surface area (Å²) in [5.74, 6) is -0.336. The van der Waals surface area contributed by atoms with Gasteiger partial charge in [0.15, 0.2) is 0 Å². The van der Waals surface area contributed by atoms with E-state index >= 15 is 0 Å². The molecule has 3 N–H and O–H groups in total. The number of rotatable bonds is 7. The molecule has 1 aliphatic rings. The van der Waals surface area contributed by atoms with Gasteiger partial charge in [0.2, 0.25) is 0 Å². The molecule has 0 saturated heterocycles. The molecular formula is C16H22N2O4. The molecular weight excluding hydrogens is 284 g/mol. The maximum absolute atomic E-state index is 11.7. The fourth-order valence-corrected chi connectivity index (χ4v) is 2.24. The van der Waals surface area contributed by atoms with E-state index in [4.69, 9.17) is 4.74 Å². The molecule has 1 aromatic carbocycles. The van der Waals surface area contributed by atoms with Crippen LogP contribution in [-0.4, -0.2) is 36.7 Å². The van der Waals surface area contributed by atoms with E-state index in [0.29, 0.717) is 24.6 Å². The highest BCUT2D eigenvalue weighted by atomic mass is 16.5. The van der Waals surface area contributed by atoms with Gasteiger partial charge in [-0.3, -0.25) is 9.59 Å². The van der Waals surface area contributed by atoms with Gasteiger partial charge in [-0.25, -0.2) is 0 Å². The van der Waals surface area contributed by atoms with Gasteiger partial charge in [0, 0.05) is 18.7 Å². The topological polar surface area (TPSA) is 87.7 Å². The van der Waals surface area contributed by atoms with Crippen LogP contribution in [0.3, 0.4) is 0 Å². The molecule has 1 saturated carbocycles. The molecule has 0 aliphatic heterocycles. The number of para-hydroxylation sites is 1. The van der Waals surface area contributed by atoms with Crippen LogP contribution in [0.25, 0.3) is 0 Å². The monoisotopic (exact) mass is 306 g/mol. The Morgan fingerprint density at radius 3 is 2.64 bits per heavy atom. The van der Waals surface area contributed by atoms with Gasteiger partial charge in [-0.05, 0) is 31.2 Å². The number of aliphatic hydroxyl groups is 1. The first-order valence-corrected chi connectivity index (χ1v) is 7.47. The molecule has 2 amide bonds. The van der Waals surface area contributed by atoms with Crippen LogP contribution in [0.5, 0.6) is 5.75 Å². The van der Waals surface area contributed by atoms with Gasteiger partial charge in [0.05, 0.1) is 13.2 Å². The molecule has 22 heavy (non-hydrogen) atoms. The third kappa shape index (κ3) is 4.73. The second-order valence-electron chi connectivity index (χ2n) is 5.44. The first kappa shape index (κ1) is 16.3. The first-order valence-electron chi connectivity index (χ1n) is 7.47. The lowest BCUT2D eigenvalue weighted by atomic mass is 10.1. The third-order valence-corrected chi connectivity index (χ3v) is 3.73. The second-order valence-corrected chi connectivity index (χ2v) is 5.44. The van der Waals surface area contributed by atoms with Crippen molar-refractivity contribution in [1.29, 1.82) is 0 Å². The highest BCUT2D eigenvalue weighted by Gasteiger charge is 2.29. The summed E-state index contributed by atoms with van der Waals surface area (Å²) in [6, 6.07) is 7.29. The minimum absolute atomic E-state index is 0.223. The Labute approximate surface area is 129 Å². The number of carbonyl (C=O) groups excluding carboxylic acids is 2. The number of methoxy groups -OCH3 is 1. The number of carbonyl (C=O) groups is 2. The van der Waals surface area contributed by atoms with Crippen molar-refractivity contribution in [2.45, 2.75) is 31.9 Å². The van der Waals surface area contributed by atoms with E-state index < -0.39 is 11.8 Å². The second kappa shape index (κ2) is 7.79. The van der Waals surface area contributed by atoms with Gasteiger partial charge >= 0.3 is 11.8 Å². The summed E-state index contributed by atoms with van der Waals surface area (Å²) in [5.41, 5.74) is 0.801. The van der Waals surface area contributed by atoms with E-state index in [9.17, 15) is 14.7 Å². The number of nitrogens with one attached hydrogen (secondary N) is 2. The lowest BCUT2D eigenvalue weighted by molar-refractivity contribution is -0.139. The van der Waals surface area contributed by atoms with E-state index in [1.54, 1.807) is 13.2 Å². The van der Waals surface area contributed by atoms with E-state index in [1.165, 1.54) is 0 Å². The Morgan fingerprint density at radius 2 is 1.95 bits per heavy atom. The number of aliphatic hydroxyl groups excluding tert-OH is 1. The molecule has 1 aromatic rings. The summed E-state index contributed by atoms with van der Waals surface area (Å²) in [6.07, 6.45) is 2.20. The van der Waals surface area contributed by atoms with E-state index in [1.807, 2.05) is 18.2 Å². The number of amides is 2. The standard InChI is InChI=1S/C16H22N2O4/c1-22-14-5-3-2-4-12(14)10-18-16(21)15(20)17-9-8-13(19)11-6-7-11/h2-5,11,13,19H,6-10H2,1H3,(H,17,20)(H,18,21)/t13-/m1/s1. The SMILES string of the molecule is COc1ccccc1CNC(=O)C(=O)NCC[C@@H](O)C1CC1. The summed E-state index contributed by atoms with van der Waals surface area (Å²) in [4.78, 5) is 23.4. The van der Waals surface area contributed by atoms with Crippen molar-refractivity contribution in [3.8, 4) is 5.75 Å². The summed E-state index contributed by atoms with van der Waals surface area (Å²) in [5, 5.41) is 14.8. The van der Waals surface area contributed by atoms with Gasteiger partial charge < -0.3 is 20.5 Å². The number of hydrogen-bond acceptors (Lipinski definition) is 4. The lowest BCUT2D eigenvalue weighted by Crippen LogP contribution is -2.40. The molecule has 1 fully saturated rings. The average molecular weight is 306 g/mol. The summed E-state index contributed by atoms with van der Waals surface area (Å²) < 4.78 is 5.18. The van der Waals surface area contributed by atoms with Crippen LogP contribution in [0.2, 0.25) is 0 Å². The Morgan fingerprint density at radius 1 is 1.27 bits per heavy atom. The molecule has 6 heteroatoms. The van der Waals surface area contributed by atoms with Crippen molar-refractivity contribution in [2.75, 3.05) is 13.7 Å². The first-order chi connectivity index (χ1) is 10.6. The fraction of sp³-hybridized carbons (Fsp3) is 0.500. The quantitative estimate of drug-likeness (QED) is 0.643. The smallest absolute Gasteiger partial charge is 0.309 e. The lowest BCUT2D eigenvalue weighted by Gasteiger charge is -2.11. The van der Waals surface area contributed by atoms with Crippen molar-refractivity contribution in [3.63, 3.8) is 0 Å². The van der Waals surface area contributed by atoms with Crippen LogP contribution in [0.1, 0.15) is 24.8 Å². The zero-order valence-electron chi connectivity index (χ0n) is 12.7.